The summed E-state index contributed by atoms with van der Waals surface area (Å²) in [5.74, 6) is -1.12. The molecule has 1 aromatic rings. The van der Waals surface area contributed by atoms with Crippen LogP contribution in [0.4, 0.5) is 0 Å². The summed E-state index contributed by atoms with van der Waals surface area (Å²) >= 11 is 0. The van der Waals surface area contributed by atoms with Crippen LogP contribution in [0.5, 0.6) is 11.5 Å². The number of aryl methyl sites for hydroxylation is 1. The molecule has 1 unspecified atom stereocenters. The fourth-order valence-corrected chi connectivity index (χ4v) is 3.40. The van der Waals surface area contributed by atoms with E-state index in [-0.39, 0.29) is 23.0 Å². The highest BCUT2D eigenvalue weighted by Gasteiger charge is 2.45. The van der Waals surface area contributed by atoms with Gasteiger partial charge in [0, 0.05) is 5.57 Å². The Morgan fingerprint density at radius 2 is 1.90 bits per heavy atom. The van der Waals surface area contributed by atoms with Crippen LogP contribution in [0.3, 0.4) is 0 Å². The predicted molar refractivity (Wildman–Crippen MR) is 106 cm³/mol. The van der Waals surface area contributed by atoms with E-state index >= 15 is 0 Å². The molecule has 2 rings (SSSR count). The lowest BCUT2D eigenvalue weighted by Crippen LogP contribution is -2.60. The maximum absolute atomic E-state index is 10.9. The summed E-state index contributed by atoms with van der Waals surface area (Å²) < 4.78 is 10.9. The van der Waals surface area contributed by atoms with Crippen molar-refractivity contribution in [3.63, 3.8) is 0 Å². The number of phenolic OH excluding ortho intramolecular Hbond substituents is 1. The van der Waals surface area contributed by atoms with E-state index in [4.69, 9.17) is 14.6 Å². The Bertz CT molecular complexity index is 774. The van der Waals surface area contributed by atoms with Crippen molar-refractivity contribution in [1.82, 2.24) is 0 Å². The first-order valence-corrected chi connectivity index (χ1v) is 9.77. The number of aliphatic carboxylic acids is 1. The molecule has 0 aliphatic carbocycles. The number of hydrogen-bond acceptors (Lipinski definition) is 8. The van der Waals surface area contributed by atoms with E-state index in [9.17, 15) is 30.3 Å². The number of aliphatic hydroxyl groups excluding tert-OH is 4. The number of carbonyl (C=O) groups is 1. The number of benzene rings is 1. The Morgan fingerprint density at radius 1 is 1.23 bits per heavy atom. The second-order valence-corrected chi connectivity index (χ2v) is 7.66. The van der Waals surface area contributed by atoms with Crippen molar-refractivity contribution in [1.29, 1.82) is 0 Å². The standard InChI is InChI=1S/C21H30O9/c1-10(5-4-6-11(2)20(27)28)13-8-15(14(23)7-12(13)3)29-21-19(26)18(25)17(24)16(9-22)30-21/h6-8,10,16-19,21-26H,4-5,9H2,1-3H3,(H,27,28)/b11-6-/t10?,16-,17-,18+,19-,21-/m1/s1. The highest BCUT2D eigenvalue weighted by atomic mass is 16.7. The number of carboxylic acid groups (broad SMARTS) is 1. The third kappa shape index (κ3) is 5.50. The van der Waals surface area contributed by atoms with Crippen LogP contribution >= 0.6 is 0 Å². The molecule has 1 saturated heterocycles. The normalized spacial score (nSPS) is 28.2. The average Bonchev–Trinajstić information content (AvgIpc) is 2.69. The lowest BCUT2D eigenvalue weighted by Gasteiger charge is -2.39. The fraction of sp³-hybridized carbons (Fsp3) is 0.571. The minimum Gasteiger partial charge on any atom is -0.504 e. The monoisotopic (exact) mass is 426 g/mol. The molecule has 9 nitrogen and oxygen atoms in total. The van der Waals surface area contributed by atoms with Crippen LogP contribution in [-0.4, -0.2) is 73.9 Å². The van der Waals surface area contributed by atoms with E-state index in [0.29, 0.717) is 12.8 Å². The molecule has 1 aliphatic heterocycles. The molecule has 30 heavy (non-hydrogen) atoms. The van der Waals surface area contributed by atoms with Crippen molar-refractivity contribution in [2.75, 3.05) is 6.61 Å². The van der Waals surface area contributed by atoms with Crippen LogP contribution in [0, 0.1) is 6.92 Å². The van der Waals surface area contributed by atoms with Crippen LogP contribution < -0.4 is 4.74 Å². The molecule has 168 valence electrons. The zero-order valence-corrected chi connectivity index (χ0v) is 17.2. The van der Waals surface area contributed by atoms with Gasteiger partial charge in [0.2, 0.25) is 6.29 Å². The van der Waals surface area contributed by atoms with Gasteiger partial charge in [-0.3, -0.25) is 0 Å². The largest absolute Gasteiger partial charge is 0.504 e. The van der Waals surface area contributed by atoms with Gasteiger partial charge in [-0.15, -0.1) is 0 Å². The summed E-state index contributed by atoms with van der Waals surface area (Å²) in [6.45, 7) is 4.73. The molecule has 0 saturated carbocycles. The van der Waals surface area contributed by atoms with Crippen LogP contribution in [0.15, 0.2) is 23.8 Å². The quantitative estimate of drug-likeness (QED) is 0.331. The molecule has 9 heteroatoms. The number of phenols is 1. The molecule has 0 aromatic heterocycles. The summed E-state index contributed by atoms with van der Waals surface area (Å²) in [5, 5.41) is 58.4. The number of aromatic hydroxyl groups is 1. The minimum absolute atomic E-state index is 0.0144. The molecule has 1 aromatic carbocycles. The third-order valence-electron chi connectivity index (χ3n) is 5.36. The summed E-state index contributed by atoms with van der Waals surface area (Å²) in [7, 11) is 0. The molecule has 0 spiro atoms. The van der Waals surface area contributed by atoms with Crippen molar-refractivity contribution in [2.45, 2.75) is 70.2 Å². The smallest absolute Gasteiger partial charge is 0.330 e. The Labute approximate surface area is 174 Å². The van der Waals surface area contributed by atoms with Crippen molar-refractivity contribution in [2.24, 2.45) is 0 Å². The maximum Gasteiger partial charge on any atom is 0.330 e. The molecule has 6 atom stereocenters. The predicted octanol–water partition coefficient (Wildman–Crippen LogP) is 0.794. The van der Waals surface area contributed by atoms with Crippen LogP contribution in [-0.2, 0) is 9.53 Å². The second-order valence-electron chi connectivity index (χ2n) is 7.66. The molecule has 0 bridgehead atoms. The number of carboxylic acids is 1. The Morgan fingerprint density at radius 3 is 2.50 bits per heavy atom. The Hall–Kier alpha value is -2.17. The van der Waals surface area contributed by atoms with E-state index in [1.54, 1.807) is 12.1 Å². The summed E-state index contributed by atoms with van der Waals surface area (Å²) in [6, 6.07) is 3.11. The molecule has 0 radical (unpaired) electrons. The van der Waals surface area contributed by atoms with Crippen LogP contribution in [0.2, 0.25) is 0 Å². The van der Waals surface area contributed by atoms with Crippen molar-refractivity contribution in [3.05, 3.63) is 34.9 Å². The van der Waals surface area contributed by atoms with Gasteiger partial charge < -0.3 is 40.1 Å². The highest BCUT2D eigenvalue weighted by Crippen LogP contribution is 2.36. The first-order chi connectivity index (χ1) is 14.1. The average molecular weight is 426 g/mol. The second kappa shape index (κ2) is 10.2. The van der Waals surface area contributed by atoms with Crippen LogP contribution in [0.1, 0.15) is 43.7 Å². The van der Waals surface area contributed by atoms with Gasteiger partial charge in [0.1, 0.15) is 24.4 Å². The maximum atomic E-state index is 10.9. The molecule has 0 amide bonds. The van der Waals surface area contributed by atoms with Gasteiger partial charge in [-0.1, -0.05) is 13.0 Å². The van der Waals surface area contributed by atoms with Gasteiger partial charge in [-0.25, -0.2) is 4.79 Å². The van der Waals surface area contributed by atoms with Crippen molar-refractivity contribution >= 4 is 5.97 Å². The first kappa shape index (κ1) is 24.1. The van der Waals surface area contributed by atoms with Gasteiger partial charge in [-0.05, 0) is 55.9 Å². The third-order valence-corrected chi connectivity index (χ3v) is 5.36. The summed E-state index contributed by atoms with van der Waals surface area (Å²) in [6.07, 6.45) is -4.33. The number of rotatable bonds is 8. The molecule has 6 N–H and O–H groups in total. The minimum atomic E-state index is -1.59. The molecule has 1 heterocycles. The lowest BCUT2D eigenvalue weighted by atomic mass is 9.91. The number of aliphatic hydroxyl groups is 4. The highest BCUT2D eigenvalue weighted by molar-refractivity contribution is 5.85. The van der Waals surface area contributed by atoms with Crippen molar-refractivity contribution in [3.8, 4) is 11.5 Å². The van der Waals surface area contributed by atoms with E-state index in [1.807, 2.05) is 13.8 Å². The summed E-state index contributed by atoms with van der Waals surface area (Å²) in [4.78, 5) is 10.9. The molecule has 1 fully saturated rings. The molecular weight excluding hydrogens is 396 g/mol. The van der Waals surface area contributed by atoms with Gasteiger partial charge in [-0.2, -0.15) is 0 Å². The number of ether oxygens (including phenoxy) is 2. The van der Waals surface area contributed by atoms with E-state index in [1.165, 1.54) is 13.0 Å². The van der Waals surface area contributed by atoms with Gasteiger partial charge >= 0.3 is 5.97 Å². The van der Waals surface area contributed by atoms with E-state index < -0.39 is 43.3 Å². The number of allylic oxidation sites excluding steroid dienone is 1. The van der Waals surface area contributed by atoms with Gasteiger partial charge in [0.15, 0.2) is 11.5 Å². The summed E-state index contributed by atoms with van der Waals surface area (Å²) in [5.41, 5.74) is 1.94. The first-order valence-electron chi connectivity index (χ1n) is 9.77. The van der Waals surface area contributed by atoms with Gasteiger partial charge in [0.05, 0.1) is 6.61 Å². The Balaban J connectivity index is 2.18. The zero-order chi connectivity index (χ0) is 22.6. The van der Waals surface area contributed by atoms with Gasteiger partial charge in [0.25, 0.3) is 0 Å². The van der Waals surface area contributed by atoms with E-state index in [2.05, 4.69) is 0 Å². The fourth-order valence-electron chi connectivity index (χ4n) is 3.40. The SMILES string of the molecule is C/C(=C/CCC(C)c1cc(O[C@@H]2O[C@H](CO)[C@@H](O)[C@H](O)[C@H]2O)c(O)cc1C)C(=O)O. The van der Waals surface area contributed by atoms with Crippen molar-refractivity contribution < 1.29 is 44.9 Å². The van der Waals surface area contributed by atoms with Crippen LogP contribution in [0.25, 0.3) is 0 Å². The number of hydrogen-bond donors (Lipinski definition) is 6. The molecular formula is C21H30O9. The topological polar surface area (TPSA) is 157 Å². The lowest BCUT2D eigenvalue weighted by molar-refractivity contribution is -0.277. The Kier molecular flexibility index (Phi) is 8.22. The van der Waals surface area contributed by atoms with E-state index in [0.717, 1.165) is 11.1 Å². The molecule has 1 aliphatic rings. The zero-order valence-electron chi connectivity index (χ0n) is 17.2.